The van der Waals surface area contributed by atoms with Crippen molar-refractivity contribution in [2.45, 2.75) is 57.6 Å². The third-order valence-electron chi connectivity index (χ3n) is 7.48. The fourth-order valence-corrected chi connectivity index (χ4v) is 5.63. The molecule has 2 amide bonds. The summed E-state index contributed by atoms with van der Waals surface area (Å²) in [5.41, 5.74) is 0.940. The molecule has 1 saturated heterocycles. The van der Waals surface area contributed by atoms with E-state index in [9.17, 15) is 9.59 Å². The maximum atomic E-state index is 13.6. The highest BCUT2D eigenvalue weighted by Gasteiger charge is 2.44. The summed E-state index contributed by atoms with van der Waals surface area (Å²) in [7, 11) is 0. The summed E-state index contributed by atoms with van der Waals surface area (Å²) < 4.78 is 6.65. The van der Waals surface area contributed by atoms with Crippen molar-refractivity contribution in [2.24, 2.45) is 11.8 Å². The number of hydrogen-bond acceptors (Lipinski definition) is 5. The molecule has 0 radical (unpaired) electrons. The lowest BCUT2D eigenvalue weighted by Gasteiger charge is -2.43. The Kier molecular flexibility index (Phi) is 6.04. The first-order valence-electron chi connectivity index (χ1n) is 12.1. The van der Waals surface area contributed by atoms with Gasteiger partial charge in [-0.15, -0.1) is 0 Å². The predicted octanol–water partition coefficient (Wildman–Crippen LogP) is 3.70. The van der Waals surface area contributed by atoms with Gasteiger partial charge < -0.3 is 14.5 Å². The number of likely N-dealkylation sites (tertiary alicyclic amines) is 1. The number of amides is 2. The van der Waals surface area contributed by atoms with Gasteiger partial charge in [0.1, 0.15) is 17.0 Å². The third-order valence-corrected chi connectivity index (χ3v) is 7.48. The number of nitrogens with zero attached hydrogens (tertiary/aromatic N) is 4. The van der Waals surface area contributed by atoms with Crippen LogP contribution in [0, 0.1) is 11.8 Å². The van der Waals surface area contributed by atoms with E-state index in [1.165, 1.54) is 12.6 Å². The lowest BCUT2D eigenvalue weighted by molar-refractivity contribution is -0.141. The second-order valence-electron chi connectivity index (χ2n) is 9.94. The number of piperidine rings is 1. The summed E-state index contributed by atoms with van der Waals surface area (Å²) >= 11 is 0. The van der Waals surface area contributed by atoms with Gasteiger partial charge in [-0.2, -0.15) is 0 Å². The van der Waals surface area contributed by atoms with Crippen LogP contribution in [0.1, 0.15) is 61.5 Å². The Bertz CT molecular complexity index is 1000. The van der Waals surface area contributed by atoms with E-state index in [-0.39, 0.29) is 17.7 Å². The Morgan fingerprint density at radius 2 is 1.91 bits per heavy atom. The van der Waals surface area contributed by atoms with Crippen molar-refractivity contribution < 1.29 is 14.3 Å². The van der Waals surface area contributed by atoms with Crippen LogP contribution in [0.25, 0.3) is 0 Å². The number of aromatic nitrogens is 2. The van der Waals surface area contributed by atoms with Crippen LogP contribution in [0.2, 0.25) is 0 Å². The number of benzene rings is 1. The van der Waals surface area contributed by atoms with E-state index in [2.05, 4.69) is 23.0 Å². The van der Waals surface area contributed by atoms with Gasteiger partial charge in [-0.25, -0.2) is 4.98 Å². The minimum absolute atomic E-state index is 0.101. The minimum atomic E-state index is -0.484. The van der Waals surface area contributed by atoms with Crippen LogP contribution in [-0.4, -0.2) is 56.8 Å². The van der Waals surface area contributed by atoms with Crippen molar-refractivity contribution >= 4 is 11.8 Å². The molecule has 1 saturated carbocycles. The van der Waals surface area contributed by atoms with Crippen molar-refractivity contribution in [1.29, 1.82) is 0 Å². The lowest BCUT2D eigenvalue weighted by atomic mass is 9.81. The number of fused-ring (bicyclic) bond motifs is 1. The van der Waals surface area contributed by atoms with Crippen LogP contribution in [-0.2, 0) is 11.3 Å². The molecule has 0 bridgehead atoms. The summed E-state index contributed by atoms with van der Waals surface area (Å²) in [5.74, 6) is 1.73. The number of carbonyl (C=O) groups is 2. The Morgan fingerprint density at radius 3 is 2.67 bits per heavy atom. The minimum Gasteiger partial charge on any atom is -0.485 e. The molecule has 1 aliphatic carbocycles. The first-order valence-corrected chi connectivity index (χ1v) is 12.1. The number of hydrogen-bond donors (Lipinski definition) is 0. The monoisotopic (exact) mass is 448 g/mol. The first-order chi connectivity index (χ1) is 16.0. The molecule has 2 fully saturated rings. The number of ether oxygens (including phenoxy) is 1. The van der Waals surface area contributed by atoms with Gasteiger partial charge in [0.15, 0.2) is 0 Å². The second-order valence-corrected chi connectivity index (χ2v) is 9.94. The second kappa shape index (κ2) is 9.12. The smallest absolute Gasteiger partial charge is 0.274 e. The summed E-state index contributed by atoms with van der Waals surface area (Å²) in [6.45, 7) is 4.55. The molecule has 2 atom stereocenters. The predicted molar refractivity (Wildman–Crippen MR) is 124 cm³/mol. The van der Waals surface area contributed by atoms with Gasteiger partial charge in [-0.1, -0.05) is 38.0 Å². The van der Waals surface area contributed by atoms with Crippen molar-refractivity contribution in [1.82, 2.24) is 19.8 Å². The van der Waals surface area contributed by atoms with Gasteiger partial charge in [0.25, 0.3) is 5.91 Å². The standard InChI is InChI=1S/C26H32N4O3/c1-19-5-4-7-20(15-19)24(31)30-17-21-6-2-3-8-23(21)33-26(18-30)9-13-29(14-10-26)25(32)22-16-27-11-12-28-22/h2-3,6,8,11-12,16,19-20H,4-5,7,9-10,13-15,17-18H2,1H3. The fraction of sp³-hybridized carbons (Fsp3) is 0.538. The van der Waals surface area contributed by atoms with E-state index in [0.29, 0.717) is 50.6 Å². The van der Waals surface area contributed by atoms with Gasteiger partial charge in [-0.05, 0) is 24.8 Å². The van der Waals surface area contributed by atoms with Crippen molar-refractivity contribution in [3.05, 3.63) is 54.1 Å². The molecule has 1 aromatic carbocycles. The zero-order valence-electron chi connectivity index (χ0n) is 19.3. The highest BCUT2D eigenvalue weighted by molar-refractivity contribution is 5.92. The molecule has 7 heteroatoms. The van der Waals surface area contributed by atoms with Crippen molar-refractivity contribution in [2.75, 3.05) is 19.6 Å². The fourth-order valence-electron chi connectivity index (χ4n) is 5.63. The highest BCUT2D eigenvalue weighted by Crippen LogP contribution is 2.38. The SMILES string of the molecule is CC1CCCC(C(=O)N2Cc3ccccc3OC3(CCN(C(=O)c4cnccn4)CC3)C2)C1. The van der Waals surface area contributed by atoms with Crippen LogP contribution < -0.4 is 4.74 Å². The van der Waals surface area contributed by atoms with Crippen molar-refractivity contribution in [3.63, 3.8) is 0 Å². The zero-order chi connectivity index (χ0) is 22.8. The molecule has 1 spiro atoms. The van der Waals surface area contributed by atoms with E-state index in [4.69, 9.17) is 4.74 Å². The van der Waals surface area contributed by atoms with Crippen LogP contribution in [0.15, 0.2) is 42.9 Å². The molecule has 2 unspecified atom stereocenters. The number of para-hydroxylation sites is 1. The molecule has 33 heavy (non-hydrogen) atoms. The Morgan fingerprint density at radius 1 is 1.09 bits per heavy atom. The largest absolute Gasteiger partial charge is 0.485 e. The van der Waals surface area contributed by atoms with E-state index in [1.807, 2.05) is 28.0 Å². The van der Waals surface area contributed by atoms with Crippen LogP contribution in [0.4, 0.5) is 0 Å². The molecule has 0 N–H and O–H groups in total. The molecular weight excluding hydrogens is 416 g/mol. The molecule has 7 nitrogen and oxygen atoms in total. The summed E-state index contributed by atoms with van der Waals surface area (Å²) in [6, 6.07) is 8.06. The van der Waals surface area contributed by atoms with Gasteiger partial charge in [-0.3, -0.25) is 14.6 Å². The van der Waals surface area contributed by atoms with Gasteiger partial charge in [0, 0.05) is 56.4 Å². The van der Waals surface area contributed by atoms with Gasteiger partial charge in [0.2, 0.25) is 5.91 Å². The lowest BCUT2D eigenvalue weighted by Crippen LogP contribution is -2.55. The van der Waals surface area contributed by atoms with Crippen LogP contribution in [0.5, 0.6) is 5.75 Å². The molecule has 174 valence electrons. The summed E-state index contributed by atoms with van der Waals surface area (Å²) in [6.07, 6.45) is 10.3. The molecule has 2 aromatic rings. The molecule has 5 rings (SSSR count). The van der Waals surface area contributed by atoms with Crippen LogP contribution in [0.3, 0.4) is 0 Å². The van der Waals surface area contributed by atoms with Gasteiger partial charge >= 0.3 is 0 Å². The topological polar surface area (TPSA) is 75.6 Å². The van der Waals surface area contributed by atoms with E-state index in [0.717, 1.165) is 30.6 Å². The van der Waals surface area contributed by atoms with E-state index < -0.39 is 5.60 Å². The van der Waals surface area contributed by atoms with E-state index in [1.54, 1.807) is 12.4 Å². The van der Waals surface area contributed by atoms with Crippen LogP contribution >= 0.6 is 0 Å². The Balaban J connectivity index is 1.36. The average molecular weight is 449 g/mol. The average Bonchev–Trinajstić information content (AvgIpc) is 3.01. The quantitative estimate of drug-likeness (QED) is 0.700. The molecule has 3 aliphatic rings. The number of carbonyl (C=O) groups excluding carboxylic acids is 2. The number of rotatable bonds is 2. The van der Waals surface area contributed by atoms with Gasteiger partial charge in [0.05, 0.1) is 12.7 Å². The highest BCUT2D eigenvalue weighted by atomic mass is 16.5. The van der Waals surface area contributed by atoms with Crippen molar-refractivity contribution in [3.8, 4) is 5.75 Å². The van der Waals surface area contributed by atoms with E-state index >= 15 is 0 Å². The molecular formula is C26H32N4O3. The maximum absolute atomic E-state index is 13.6. The Labute approximate surface area is 195 Å². The summed E-state index contributed by atoms with van der Waals surface area (Å²) in [4.78, 5) is 38.5. The molecule has 3 heterocycles. The maximum Gasteiger partial charge on any atom is 0.274 e. The summed E-state index contributed by atoms with van der Waals surface area (Å²) in [5, 5.41) is 0. The molecule has 2 aliphatic heterocycles. The Hall–Kier alpha value is -2.96. The molecule has 1 aromatic heterocycles. The first kappa shape index (κ1) is 21.9. The third kappa shape index (κ3) is 4.59. The zero-order valence-corrected chi connectivity index (χ0v) is 19.3. The normalized spacial score (nSPS) is 24.5.